The van der Waals surface area contributed by atoms with Gasteiger partial charge in [0.05, 0.1) is 41.9 Å². The summed E-state index contributed by atoms with van der Waals surface area (Å²) in [5.74, 6) is -0.686. The second kappa shape index (κ2) is 21.7. The van der Waals surface area contributed by atoms with E-state index in [2.05, 4.69) is 123 Å². The van der Waals surface area contributed by atoms with Gasteiger partial charge in [0.2, 0.25) is 0 Å². The number of rotatable bonds is 12. The first-order valence-corrected chi connectivity index (χ1v) is 28.5. The van der Waals surface area contributed by atoms with Crippen LogP contribution in [0, 0.1) is 5.41 Å². The average Bonchev–Trinajstić information content (AvgIpc) is 3.94. The van der Waals surface area contributed by atoms with E-state index in [-0.39, 0.29) is 59.7 Å². The molecule has 66 heavy (non-hydrogen) atoms. The van der Waals surface area contributed by atoms with E-state index >= 15 is 0 Å². The average molecular weight is 1000 g/mol. The summed E-state index contributed by atoms with van der Waals surface area (Å²) in [6.45, 7) is 36.1. The Bertz CT molecular complexity index is 2140. The summed E-state index contributed by atoms with van der Waals surface area (Å²) in [6, 6.07) is 20.6. The van der Waals surface area contributed by atoms with Crippen LogP contribution in [-0.4, -0.2) is 45.8 Å². The first-order valence-electron chi connectivity index (χ1n) is 24.4. The Labute approximate surface area is 410 Å². The van der Waals surface area contributed by atoms with Crippen molar-refractivity contribution in [2.24, 2.45) is 15.4 Å². The molecule has 0 atom stereocenters. The molecule has 0 bridgehead atoms. The van der Waals surface area contributed by atoms with Crippen LogP contribution in [-0.2, 0) is 31.1 Å². The molecule has 6 nitrogen and oxygen atoms in total. The molecule has 3 aromatic rings. The first-order chi connectivity index (χ1) is 30.7. The number of hydrogen-bond donors (Lipinski definition) is 0. The molecular formula is C59H80N2O4Sn. The van der Waals surface area contributed by atoms with E-state index in [9.17, 15) is 10.2 Å². The third-order valence-corrected chi connectivity index (χ3v) is 16.5. The second-order valence-electron chi connectivity index (χ2n) is 23.4. The summed E-state index contributed by atoms with van der Waals surface area (Å²) in [4.78, 5) is 10.0. The van der Waals surface area contributed by atoms with Gasteiger partial charge in [-0.15, -0.1) is 0 Å². The van der Waals surface area contributed by atoms with E-state index < -0.39 is 12.2 Å². The third-order valence-electron chi connectivity index (χ3n) is 12.4. The second-order valence-corrected chi connectivity index (χ2v) is 27.7. The number of hydrogen-bond acceptors (Lipinski definition) is 6. The van der Waals surface area contributed by atoms with Crippen molar-refractivity contribution in [3.63, 3.8) is 0 Å². The third kappa shape index (κ3) is 14.2. The minimum atomic E-state index is -0.447. The van der Waals surface area contributed by atoms with Crippen molar-refractivity contribution in [1.82, 2.24) is 0 Å². The van der Waals surface area contributed by atoms with Crippen LogP contribution in [0.2, 0.25) is 8.87 Å². The standard InChI is InChI=1S/C51H64N2O4.2C4H9.Sn/c1-47(2,3)35-23-33(24-36(27-35)48(4,5)6)44(54)41-21-19-39(52-41)43(31-15-17-32(18-16-31)46-56-29-51(13,14)30-57-46)40-20-22-42(53-40)45(55)34-25-37(49(7,8)9)28-38(26-34)50(10,11)12;2*1-3-4-2;/h15-28,43,46,54-55H,29-30H2,1-14H3;2*1,3-4H2,2H3;/q;;;+2/p-2/b44-41-,45-42-;;;. The number of ether oxygens (including phenoxy) is 2. The topological polar surface area (TPSA) is 89.3 Å². The molecule has 0 aromatic heterocycles. The van der Waals surface area contributed by atoms with Crippen LogP contribution in [0.15, 0.2) is 106 Å². The molecule has 0 aliphatic carbocycles. The molecule has 6 rings (SSSR count). The molecule has 3 aliphatic heterocycles. The zero-order valence-corrected chi connectivity index (χ0v) is 46.3. The van der Waals surface area contributed by atoms with E-state index in [0.717, 1.165) is 33.4 Å². The maximum atomic E-state index is 14.3. The van der Waals surface area contributed by atoms with Crippen LogP contribution in [0.25, 0.3) is 11.5 Å². The molecule has 3 heterocycles. The van der Waals surface area contributed by atoms with Crippen molar-refractivity contribution in [1.29, 1.82) is 0 Å². The van der Waals surface area contributed by atoms with Crippen LogP contribution in [0.5, 0.6) is 0 Å². The van der Waals surface area contributed by atoms with Crippen molar-refractivity contribution in [3.05, 3.63) is 141 Å². The summed E-state index contributed by atoms with van der Waals surface area (Å²) >= 11 is 0.149. The zero-order chi connectivity index (χ0) is 48.8. The van der Waals surface area contributed by atoms with Crippen LogP contribution in [0.3, 0.4) is 0 Å². The minimum absolute atomic E-state index is 0.0382. The van der Waals surface area contributed by atoms with E-state index in [1.807, 2.05) is 72.8 Å². The Morgan fingerprint density at radius 3 is 1.29 bits per heavy atom. The van der Waals surface area contributed by atoms with Crippen molar-refractivity contribution in [2.45, 2.75) is 179 Å². The predicted octanol–water partition coefficient (Wildman–Crippen LogP) is 13.6. The van der Waals surface area contributed by atoms with Gasteiger partial charge in [-0.05, 0) is 84.9 Å². The normalized spacial score (nSPS) is 18.2. The van der Waals surface area contributed by atoms with E-state index in [1.165, 1.54) is 25.7 Å². The number of benzene rings is 3. The van der Waals surface area contributed by atoms with Gasteiger partial charge in [0, 0.05) is 11.0 Å². The fourth-order valence-electron chi connectivity index (χ4n) is 7.83. The molecule has 1 fully saturated rings. The number of allylic oxidation sites excluding steroid dienone is 4. The monoisotopic (exact) mass is 1000 g/mol. The predicted molar refractivity (Wildman–Crippen MR) is 277 cm³/mol. The molecule has 0 saturated carbocycles. The van der Waals surface area contributed by atoms with Crippen LogP contribution in [0.4, 0.5) is 0 Å². The Balaban J connectivity index is 0.000000820. The van der Waals surface area contributed by atoms with Gasteiger partial charge in [0.15, 0.2) is 6.29 Å². The Hall–Kier alpha value is -3.72. The van der Waals surface area contributed by atoms with E-state index in [0.29, 0.717) is 47.2 Å². The summed E-state index contributed by atoms with van der Waals surface area (Å²) in [5.41, 5.74) is 9.08. The van der Waals surface area contributed by atoms with Crippen LogP contribution in [0.1, 0.15) is 193 Å². The number of aliphatic imine (C=N–C) groups is 2. The van der Waals surface area contributed by atoms with Gasteiger partial charge < -0.3 is 19.7 Å². The number of unbranched alkanes of at least 4 members (excludes halogenated alkanes) is 2. The summed E-state index contributed by atoms with van der Waals surface area (Å²) in [5, 5.41) is 28.5. The fourth-order valence-corrected chi connectivity index (χ4v) is 12.0. The van der Waals surface area contributed by atoms with Crippen LogP contribution < -0.4 is 10.2 Å². The fraction of sp³-hybridized carbons (Fsp3) is 0.525. The van der Waals surface area contributed by atoms with Crippen molar-refractivity contribution in [3.8, 4) is 0 Å². The van der Waals surface area contributed by atoms with E-state index in [4.69, 9.17) is 19.5 Å². The molecule has 1 saturated heterocycles. The molecule has 3 aromatic carbocycles. The zero-order valence-electron chi connectivity index (χ0n) is 43.4. The molecule has 7 heteroatoms. The summed E-state index contributed by atoms with van der Waals surface area (Å²) in [7, 11) is 0. The first kappa shape index (κ1) is 53.2. The Kier molecular flexibility index (Phi) is 17.5. The molecule has 3 aliphatic rings. The SMILES string of the molecule is CC1(C)COC(c2ccc(C(C3=N/C(=C(\[O-])c4cc(C(C)(C)C)cc(C(C)(C)C)c4)C=C3)C3=N/C(=C(\[O-])c4cc(C(C)(C)C)cc(C(C)(C)C)c4)C=C3)cc2)OC1.CCC[CH2][Sn+2][CH2]CCC. The quantitative estimate of drug-likeness (QED) is 0.103. The molecule has 354 valence electrons. The Morgan fingerprint density at radius 1 is 0.591 bits per heavy atom. The van der Waals surface area contributed by atoms with Crippen molar-refractivity contribution < 1.29 is 19.7 Å². The van der Waals surface area contributed by atoms with E-state index in [1.54, 1.807) is 8.87 Å². The summed E-state index contributed by atoms with van der Waals surface area (Å²) in [6.07, 6.45) is 12.8. The molecular weight excluding hydrogens is 919 g/mol. The molecule has 0 unspecified atom stereocenters. The van der Waals surface area contributed by atoms with Gasteiger partial charge in [-0.2, -0.15) is 0 Å². The maximum absolute atomic E-state index is 14.3. The van der Waals surface area contributed by atoms with Crippen molar-refractivity contribution in [2.75, 3.05) is 13.2 Å². The number of nitrogens with zero attached hydrogens (tertiary/aromatic N) is 2. The molecule has 0 spiro atoms. The molecule has 0 N–H and O–H groups in total. The molecule has 0 amide bonds. The van der Waals surface area contributed by atoms with Crippen LogP contribution >= 0.6 is 0 Å². The molecule has 0 radical (unpaired) electrons. The Morgan fingerprint density at radius 2 is 0.955 bits per heavy atom. The van der Waals surface area contributed by atoms with Gasteiger partial charge in [-0.25, -0.2) is 0 Å². The summed E-state index contributed by atoms with van der Waals surface area (Å²) < 4.78 is 15.4. The van der Waals surface area contributed by atoms with Gasteiger partial charge in [-0.3, -0.25) is 9.98 Å². The van der Waals surface area contributed by atoms with Gasteiger partial charge >= 0.3 is 69.5 Å². The van der Waals surface area contributed by atoms with Gasteiger partial charge in [-0.1, -0.05) is 169 Å². The van der Waals surface area contributed by atoms with Crippen molar-refractivity contribution >= 4 is 44.1 Å². The van der Waals surface area contributed by atoms with Gasteiger partial charge in [0.25, 0.3) is 0 Å². The van der Waals surface area contributed by atoms with Gasteiger partial charge in [0.1, 0.15) is 0 Å².